The zero-order valence-electron chi connectivity index (χ0n) is 15.4. The molecule has 142 valence electrons. The highest BCUT2D eigenvalue weighted by molar-refractivity contribution is 7.23. The number of ether oxygens (including phenoxy) is 2. The average Bonchev–Trinajstić information content (AvgIpc) is 3.04. The van der Waals surface area contributed by atoms with Crippen LogP contribution < -0.4 is 20.3 Å². The molecule has 0 radical (unpaired) electrons. The van der Waals surface area contributed by atoms with Gasteiger partial charge >= 0.3 is 6.03 Å². The van der Waals surface area contributed by atoms with Gasteiger partial charge in [-0.1, -0.05) is 11.3 Å². The number of fused-ring (bicyclic) bond motifs is 1. The maximum absolute atomic E-state index is 12.1. The molecule has 0 atom stereocenters. The smallest absolute Gasteiger partial charge is 0.321 e. The lowest BCUT2D eigenvalue weighted by Gasteiger charge is -2.29. The molecule has 1 aliphatic rings. The first kappa shape index (κ1) is 18.7. The second-order valence-corrected chi connectivity index (χ2v) is 7.27. The maximum atomic E-state index is 12.1. The van der Waals surface area contributed by atoms with Crippen LogP contribution in [0.25, 0.3) is 10.2 Å². The van der Waals surface area contributed by atoms with Crippen molar-refractivity contribution in [1.29, 1.82) is 0 Å². The highest BCUT2D eigenvalue weighted by Gasteiger charge is 2.19. The normalized spacial score (nSPS) is 14.7. The molecule has 1 fully saturated rings. The van der Waals surface area contributed by atoms with Crippen LogP contribution in [0.3, 0.4) is 0 Å². The number of morpholine rings is 1. The Hall–Kier alpha value is -2.10. The lowest BCUT2D eigenvalue weighted by atomic mass is 10.2. The van der Waals surface area contributed by atoms with E-state index in [4.69, 9.17) is 9.47 Å². The monoisotopic (exact) mass is 379 g/mol. The number of hydrogen-bond donors (Lipinski definition) is 2. The Morgan fingerprint density at radius 2 is 2.15 bits per heavy atom. The molecule has 1 aromatic heterocycles. The van der Waals surface area contributed by atoms with E-state index in [2.05, 4.69) is 20.5 Å². The van der Waals surface area contributed by atoms with Gasteiger partial charge < -0.3 is 24.6 Å². The van der Waals surface area contributed by atoms with E-state index in [1.54, 1.807) is 7.11 Å². The van der Waals surface area contributed by atoms with Crippen LogP contribution in [-0.2, 0) is 4.74 Å². The minimum Gasteiger partial charge on any atom is -0.494 e. The van der Waals surface area contributed by atoms with Crippen LogP contribution in [0.1, 0.15) is 0 Å². The molecule has 3 rings (SSSR count). The van der Waals surface area contributed by atoms with Crippen LogP contribution in [0, 0.1) is 0 Å². The van der Waals surface area contributed by atoms with E-state index >= 15 is 0 Å². The molecule has 0 unspecified atom stereocenters. The molecule has 2 heterocycles. The van der Waals surface area contributed by atoms with Crippen molar-refractivity contribution in [3.05, 3.63) is 12.1 Å². The van der Waals surface area contributed by atoms with Gasteiger partial charge in [0.25, 0.3) is 0 Å². The summed E-state index contributed by atoms with van der Waals surface area (Å²) < 4.78 is 11.9. The minimum absolute atomic E-state index is 0.252. The molecule has 26 heavy (non-hydrogen) atoms. The zero-order valence-corrected chi connectivity index (χ0v) is 16.2. The molecule has 8 nitrogen and oxygen atoms in total. The number of benzene rings is 1. The number of hydrogen-bond acceptors (Lipinski definition) is 7. The molecule has 1 aromatic carbocycles. The molecule has 0 aliphatic carbocycles. The first-order chi connectivity index (χ1) is 12.6. The Morgan fingerprint density at radius 3 is 2.85 bits per heavy atom. The van der Waals surface area contributed by atoms with Gasteiger partial charge in [-0.25, -0.2) is 9.78 Å². The number of anilines is 2. The Balaban J connectivity index is 1.80. The van der Waals surface area contributed by atoms with Gasteiger partial charge in [-0.3, -0.25) is 5.32 Å². The number of likely N-dealkylation sites (N-methyl/N-ethyl adjacent to an activating group) is 1. The highest BCUT2D eigenvalue weighted by atomic mass is 32.1. The Labute approximate surface area is 157 Å². The van der Waals surface area contributed by atoms with Crippen molar-refractivity contribution >= 4 is 38.4 Å². The van der Waals surface area contributed by atoms with Gasteiger partial charge in [0.05, 0.1) is 30.7 Å². The average molecular weight is 379 g/mol. The largest absolute Gasteiger partial charge is 0.494 e. The molecule has 2 aromatic rings. The zero-order chi connectivity index (χ0) is 18.5. The topological polar surface area (TPSA) is 79.0 Å². The van der Waals surface area contributed by atoms with E-state index in [1.807, 2.05) is 31.1 Å². The van der Waals surface area contributed by atoms with E-state index < -0.39 is 0 Å². The van der Waals surface area contributed by atoms with Crippen LogP contribution >= 0.6 is 11.3 Å². The Morgan fingerprint density at radius 1 is 1.38 bits per heavy atom. The third-order valence-corrected chi connectivity index (χ3v) is 5.12. The quantitative estimate of drug-likeness (QED) is 0.797. The van der Waals surface area contributed by atoms with Gasteiger partial charge in [-0.05, 0) is 26.2 Å². The standard InChI is InChI=1S/C17H25N5O3S/c1-21(2)7-6-18-16(23)20-17-19-14-13(24-3)5-4-12(15(14)26-17)22-8-10-25-11-9-22/h4-5H,6-11H2,1-3H3,(H2,18,19,20,23). The summed E-state index contributed by atoms with van der Waals surface area (Å²) in [6, 6.07) is 3.72. The first-order valence-electron chi connectivity index (χ1n) is 8.58. The van der Waals surface area contributed by atoms with E-state index in [0.717, 1.165) is 35.5 Å². The SMILES string of the molecule is COc1ccc(N2CCOCC2)c2sc(NC(=O)NCCN(C)C)nc12. The summed E-state index contributed by atoms with van der Waals surface area (Å²) in [6.45, 7) is 4.46. The molecule has 1 saturated heterocycles. The Bertz CT molecular complexity index is 758. The summed E-state index contributed by atoms with van der Waals surface area (Å²) in [7, 11) is 5.56. The number of aromatic nitrogens is 1. The van der Waals surface area contributed by atoms with Crippen LogP contribution in [0.4, 0.5) is 15.6 Å². The third kappa shape index (κ3) is 4.35. The predicted molar refractivity (Wildman–Crippen MR) is 105 cm³/mol. The number of carbonyl (C=O) groups is 1. The van der Waals surface area contributed by atoms with Gasteiger partial charge in [0.2, 0.25) is 0 Å². The minimum atomic E-state index is -0.252. The van der Waals surface area contributed by atoms with Gasteiger partial charge in [0, 0.05) is 26.2 Å². The fourth-order valence-electron chi connectivity index (χ4n) is 2.78. The summed E-state index contributed by atoms with van der Waals surface area (Å²) in [5.74, 6) is 0.703. The summed E-state index contributed by atoms with van der Waals surface area (Å²) in [5, 5.41) is 6.21. The van der Waals surface area contributed by atoms with Gasteiger partial charge in [-0.2, -0.15) is 0 Å². The van der Waals surface area contributed by atoms with Crippen molar-refractivity contribution in [1.82, 2.24) is 15.2 Å². The molecule has 0 saturated carbocycles. The summed E-state index contributed by atoms with van der Waals surface area (Å²) in [4.78, 5) is 20.9. The van der Waals surface area contributed by atoms with Gasteiger partial charge in [0.15, 0.2) is 5.13 Å². The van der Waals surface area contributed by atoms with Gasteiger partial charge in [-0.15, -0.1) is 0 Å². The lowest BCUT2D eigenvalue weighted by molar-refractivity contribution is 0.123. The van der Waals surface area contributed by atoms with Crippen molar-refractivity contribution < 1.29 is 14.3 Å². The van der Waals surface area contributed by atoms with Crippen molar-refractivity contribution in [3.8, 4) is 5.75 Å². The molecule has 2 N–H and O–H groups in total. The number of nitrogens with zero attached hydrogens (tertiary/aromatic N) is 3. The molecule has 2 amide bonds. The number of nitrogens with one attached hydrogen (secondary N) is 2. The molecule has 1 aliphatic heterocycles. The Kier molecular flexibility index (Phi) is 6.12. The summed E-state index contributed by atoms with van der Waals surface area (Å²) in [6.07, 6.45) is 0. The summed E-state index contributed by atoms with van der Waals surface area (Å²) >= 11 is 1.46. The molecule has 0 spiro atoms. The molecular weight excluding hydrogens is 354 g/mol. The van der Waals surface area contributed by atoms with Crippen molar-refractivity contribution in [2.45, 2.75) is 0 Å². The van der Waals surface area contributed by atoms with Crippen LogP contribution in [0.2, 0.25) is 0 Å². The fourth-order valence-corrected chi connectivity index (χ4v) is 3.79. The molecular formula is C17H25N5O3S. The van der Waals surface area contributed by atoms with E-state index in [0.29, 0.717) is 30.6 Å². The number of methoxy groups -OCH3 is 1. The fraction of sp³-hybridized carbons (Fsp3) is 0.529. The number of carbonyl (C=O) groups excluding carboxylic acids is 1. The summed E-state index contributed by atoms with van der Waals surface area (Å²) in [5.41, 5.74) is 1.87. The van der Waals surface area contributed by atoms with E-state index in [9.17, 15) is 4.79 Å². The lowest BCUT2D eigenvalue weighted by Crippen LogP contribution is -2.36. The highest BCUT2D eigenvalue weighted by Crippen LogP contribution is 2.39. The van der Waals surface area contributed by atoms with Crippen molar-refractivity contribution in [2.75, 3.05) is 70.8 Å². The maximum Gasteiger partial charge on any atom is 0.321 e. The third-order valence-electron chi connectivity index (χ3n) is 4.12. The van der Waals surface area contributed by atoms with Crippen LogP contribution in [0.5, 0.6) is 5.75 Å². The predicted octanol–water partition coefficient (Wildman–Crippen LogP) is 1.82. The second kappa shape index (κ2) is 8.52. The van der Waals surface area contributed by atoms with Crippen molar-refractivity contribution in [3.63, 3.8) is 0 Å². The molecule has 0 bridgehead atoms. The van der Waals surface area contributed by atoms with Gasteiger partial charge in [0.1, 0.15) is 11.3 Å². The second-order valence-electron chi connectivity index (χ2n) is 6.27. The van der Waals surface area contributed by atoms with Crippen LogP contribution in [-0.4, -0.2) is 76.5 Å². The number of amides is 2. The van der Waals surface area contributed by atoms with E-state index in [1.165, 1.54) is 11.3 Å². The number of thiazole rings is 1. The first-order valence-corrected chi connectivity index (χ1v) is 9.40. The van der Waals surface area contributed by atoms with E-state index in [-0.39, 0.29) is 6.03 Å². The molecule has 9 heteroatoms. The number of urea groups is 1. The van der Waals surface area contributed by atoms with Crippen LogP contribution in [0.15, 0.2) is 12.1 Å². The number of rotatable bonds is 6. The van der Waals surface area contributed by atoms with Crippen molar-refractivity contribution in [2.24, 2.45) is 0 Å².